The molecule has 2 atom stereocenters. The molecule has 1 spiro atoms. The first-order valence-corrected chi connectivity index (χ1v) is 11.4. The van der Waals surface area contributed by atoms with Gasteiger partial charge in [-0.2, -0.15) is 5.10 Å². The van der Waals surface area contributed by atoms with E-state index in [-0.39, 0.29) is 17.2 Å². The van der Waals surface area contributed by atoms with Crippen molar-refractivity contribution in [3.05, 3.63) is 70.4 Å². The van der Waals surface area contributed by atoms with E-state index in [1.54, 1.807) is 17.5 Å². The highest BCUT2D eigenvalue weighted by Crippen LogP contribution is 2.49. The molecule has 7 heteroatoms. The minimum atomic E-state index is -0.383. The van der Waals surface area contributed by atoms with E-state index in [4.69, 9.17) is 0 Å². The van der Waals surface area contributed by atoms with Crippen molar-refractivity contribution < 1.29 is 4.79 Å². The number of carbonyl (C=O) groups excluding carboxylic acids is 1. The lowest BCUT2D eigenvalue weighted by molar-refractivity contribution is -0.147. The molecule has 3 aromatic heterocycles. The molecule has 2 fully saturated rings. The molecule has 2 saturated heterocycles. The van der Waals surface area contributed by atoms with Crippen LogP contribution in [0.1, 0.15) is 34.9 Å². The van der Waals surface area contributed by atoms with Crippen LogP contribution < -0.4 is 0 Å². The molecule has 1 amide bonds. The van der Waals surface area contributed by atoms with Crippen molar-refractivity contribution in [2.75, 3.05) is 19.6 Å². The van der Waals surface area contributed by atoms with Crippen LogP contribution in [0.4, 0.5) is 0 Å². The summed E-state index contributed by atoms with van der Waals surface area (Å²) in [6.45, 7) is 4.06. The molecule has 0 radical (unpaired) electrons. The Balaban J connectivity index is 1.46. The Morgan fingerprint density at radius 2 is 2.13 bits per heavy atom. The van der Waals surface area contributed by atoms with Crippen LogP contribution in [0.5, 0.6) is 0 Å². The molecule has 0 aromatic carbocycles. The van der Waals surface area contributed by atoms with Gasteiger partial charge in [0.05, 0.1) is 5.41 Å². The van der Waals surface area contributed by atoms with Crippen molar-refractivity contribution in [2.45, 2.75) is 31.8 Å². The molecule has 30 heavy (non-hydrogen) atoms. The van der Waals surface area contributed by atoms with Crippen molar-refractivity contribution in [1.82, 2.24) is 24.6 Å². The summed E-state index contributed by atoms with van der Waals surface area (Å²) in [5.41, 5.74) is 1.87. The van der Waals surface area contributed by atoms with E-state index in [0.717, 1.165) is 44.6 Å². The van der Waals surface area contributed by atoms with Gasteiger partial charge in [-0.3, -0.25) is 19.4 Å². The molecule has 0 aliphatic carbocycles. The summed E-state index contributed by atoms with van der Waals surface area (Å²) in [5.74, 6) is 0.451. The number of rotatable bonds is 5. The van der Waals surface area contributed by atoms with Crippen molar-refractivity contribution in [3.63, 3.8) is 0 Å². The standard InChI is InChI=1S/C23H27N5OS/c1-26-21(7-10-25-26)20-16-27(15-19-6-3-12-30-19)17-23(20)8-4-11-28(22(23)29)14-18-5-2-9-24-13-18/h2-3,5-7,9-10,12-13,20H,4,8,11,14-17H2,1H3/t20-,23+/m0/s1. The summed E-state index contributed by atoms with van der Waals surface area (Å²) < 4.78 is 1.95. The van der Waals surface area contributed by atoms with Crippen LogP contribution in [0, 0.1) is 5.41 Å². The Morgan fingerprint density at radius 1 is 1.20 bits per heavy atom. The molecule has 5 rings (SSSR count). The molecule has 0 N–H and O–H groups in total. The number of hydrogen-bond acceptors (Lipinski definition) is 5. The molecule has 2 aliphatic heterocycles. The maximum absolute atomic E-state index is 14.0. The molecule has 2 aliphatic rings. The minimum Gasteiger partial charge on any atom is -0.338 e. The first kappa shape index (κ1) is 19.5. The molecule has 5 heterocycles. The second-order valence-electron chi connectivity index (χ2n) is 8.53. The fraction of sp³-hybridized carbons (Fsp3) is 0.435. The van der Waals surface area contributed by atoms with Crippen molar-refractivity contribution in [3.8, 4) is 0 Å². The maximum atomic E-state index is 14.0. The summed E-state index contributed by atoms with van der Waals surface area (Å²) in [5, 5.41) is 6.54. The monoisotopic (exact) mass is 421 g/mol. The second kappa shape index (κ2) is 7.96. The number of nitrogens with zero attached hydrogens (tertiary/aromatic N) is 5. The van der Waals surface area contributed by atoms with Gasteiger partial charge in [0.1, 0.15) is 0 Å². The number of aryl methyl sites for hydroxylation is 1. The van der Waals surface area contributed by atoms with E-state index in [1.807, 2.05) is 30.2 Å². The molecule has 156 valence electrons. The lowest BCUT2D eigenvalue weighted by Gasteiger charge is -2.42. The Bertz CT molecular complexity index is 1000. The summed E-state index contributed by atoms with van der Waals surface area (Å²) in [7, 11) is 1.99. The highest BCUT2D eigenvalue weighted by Gasteiger charge is 2.55. The SMILES string of the molecule is Cn1nccc1[C@@H]1CN(Cc2cccs2)C[C@]12CCCN(Cc1cccnc1)C2=O. The van der Waals surface area contributed by atoms with Crippen LogP contribution in [0.3, 0.4) is 0 Å². The third-order valence-electron chi connectivity index (χ3n) is 6.65. The Labute approximate surface area is 181 Å². The normalized spacial score (nSPS) is 24.8. The van der Waals surface area contributed by atoms with Crippen LogP contribution in [0.25, 0.3) is 0 Å². The fourth-order valence-electron chi connectivity index (χ4n) is 5.29. The highest BCUT2D eigenvalue weighted by molar-refractivity contribution is 7.09. The van der Waals surface area contributed by atoms with Crippen molar-refractivity contribution >= 4 is 17.2 Å². The zero-order valence-electron chi connectivity index (χ0n) is 17.3. The zero-order valence-corrected chi connectivity index (χ0v) is 18.1. The van der Waals surface area contributed by atoms with Crippen LogP contribution >= 0.6 is 11.3 Å². The Kier molecular flexibility index (Phi) is 5.16. The van der Waals surface area contributed by atoms with Gasteiger partial charge in [0.15, 0.2) is 0 Å². The number of amides is 1. The zero-order chi connectivity index (χ0) is 20.6. The number of piperidine rings is 1. The third kappa shape index (κ3) is 3.46. The molecule has 0 unspecified atom stereocenters. The van der Waals surface area contributed by atoms with E-state index in [0.29, 0.717) is 6.54 Å². The number of aromatic nitrogens is 3. The number of carbonyl (C=O) groups is 1. The van der Waals surface area contributed by atoms with Crippen LogP contribution in [0.2, 0.25) is 0 Å². The topological polar surface area (TPSA) is 54.3 Å². The van der Waals surface area contributed by atoms with Crippen molar-refractivity contribution in [2.24, 2.45) is 12.5 Å². The number of thiophene rings is 1. The molecule has 3 aromatic rings. The summed E-state index contributed by atoms with van der Waals surface area (Å²) in [6, 6.07) is 10.4. The van der Waals surface area contributed by atoms with Gasteiger partial charge in [-0.1, -0.05) is 12.1 Å². The Hall–Kier alpha value is -2.51. The molecule has 6 nitrogen and oxygen atoms in total. The van der Waals surface area contributed by atoms with Crippen LogP contribution in [-0.2, 0) is 24.9 Å². The van der Waals surface area contributed by atoms with Gasteiger partial charge in [0.25, 0.3) is 0 Å². The van der Waals surface area contributed by atoms with Gasteiger partial charge in [0, 0.05) is 74.9 Å². The lowest BCUT2D eigenvalue weighted by Crippen LogP contribution is -2.52. The van der Waals surface area contributed by atoms with E-state index < -0.39 is 0 Å². The van der Waals surface area contributed by atoms with Gasteiger partial charge in [-0.15, -0.1) is 11.3 Å². The average molecular weight is 422 g/mol. The van der Waals surface area contributed by atoms with Gasteiger partial charge in [0.2, 0.25) is 5.91 Å². The predicted molar refractivity (Wildman–Crippen MR) is 117 cm³/mol. The van der Waals surface area contributed by atoms with Gasteiger partial charge < -0.3 is 4.90 Å². The lowest BCUT2D eigenvalue weighted by atomic mass is 9.70. The van der Waals surface area contributed by atoms with Crippen LogP contribution in [-0.4, -0.2) is 50.1 Å². The second-order valence-corrected chi connectivity index (χ2v) is 9.56. The van der Waals surface area contributed by atoms with E-state index in [9.17, 15) is 4.79 Å². The van der Waals surface area contributed by atoms with Gasteiger partial charge in [-0.05, 0) is 42.0 Å². The first-order valence-electron chi connectivity index (χ1n) is 10.6. The maximum Gasteiger partial charge on any atom is 0.231 e. The summed E-state index contributed by atoms with van der Waals surface area (Å²) in [6.07, 6.45) is 7.47. The van der Waals surface area contributed by atoms with E-state index in [2.05, 4.69) is 49.5 Å². The molecular formula is C23H27N5OS. The van der Waals surface area contributed by atoms with E-state index >= 15 is 0 Å². The number of pyridine rings is 1. The molecule has 0 saturated carbocycles. The summed E-state index contributed by atoms with van der Waals surface area (Å²) >= 11 is 1.79. The highest BCUT2D eigenvalue weighted by atomic mass is 32.1. The molecule has 0 bridgehead atoms. The van der Waals surface area contributed by atoms with E-state index in [1.165, 1.54) is 10.6 Å². The number of likely N-dealkylation sites (tertiary alicyclic amines) is 2. The minimum absolute atomic E-state index is 0.161. The third-order valence-corrected chi connectivity index (χ3v) is 7.51. The number of hydrogen-bond donors (Lipinski definition) is 0. The first-order chi connectivity index (χ1) is 14.7. The predicted octanol–water partition coefficient (Wildman–Crippen LogP) is 3.29. The summed E-state index contributed by atoms with van der Waals surface area (Å²) in [4.78, 5) is 24.1. The fourth-order valence-corrected chi connectivity index (χ4v) is 6.04. The van der Waals surface area contributed by atoms with Crippen molar-refractivity contribution in [1.29, 1.82) is 0 Å². The quantitative estimate of drug-likeness (QED) is 0.634. The van der Waals surface area contributed by atoms with Gasteiger partial charge >= 0.3 is 0 Å². The Morgan fingerprint density at radius 3 is 2.87 bits per heavy atom. The largest absolute Gasteiger partial charge is 0.338 e. The molecular weight excluding hydrogens is 394 g/mol. The van der Waals surface area contributed by atoms with Gasteiger partial charge in [-0.25, -0.2) is 0 Å². The smallest absolute Gasteiger partial charge is 0.231 e. The van der Waals surface area contributed by atoms with Crippen LogP contribution in [0.15, 0.2) is 54.3 Å². The average Bonchev–Trinajstić information content (AvgIpc) is 3.48.